The first-order valence-corrected chi connectivity index (χ1v) is 6.21. The highest BCUT2D eigenvalue weighted by Crippen LogP contribution is 2.31. The Hall–Kier alpha value is -2.08. The summed E-state index contributed by atoms with van der Waals surface area (Å²) in [6, 6.07) is 7.28. The molecule has 2 aromatic carbocycles. The zero-order valence-electron chi connectivity index (χ0n) is 9.48. The molecule has 0 aliphatic carbocycles. The Balaban J connectivity index is 2.17. The Labute approximate surface area is 115 Å². The number of aromatic amines is 1. The van der Waals surface area contributed by atoms with Gasteiger partial charge in [0, 0.05) is 11.6 Å². The van der Waals surface area contributed by atoms with Gasteiger partial charge >= 0.3 is 0 Å². The molecule has 0 spiro atoms. The number of hydrogen-bond acceptors (Lipinski definition) is 3. The minimum absolute atomic E-state index is 0.200. The third-order valence-corrected chi connectivity index (χ3v) is 3.38. The number of nitrogens with zero attached hydrogens (tertiary/aromatic N) is 1. The van der Waals surface area contributed by atoms with E-state index in [1.54, 1.807) is 12.1 Å². The summed E-state index contributed by atoms with van der Waals surface area (Å²) >= 11 is 3.10. The van der Waals surface area contributed by atoms with Crippen LogP contribution in [0, 0.1) is 5.82 Å². The third-order valence-electron chi connectivity index (χ3n) is 2.77. The van der Waals surface area contributed by atoms with Gasteiger partial charge in [-0.1, -0.05) is 0 Å². The number of H-pyrrole nitrogens is 1. The molecule has 1 aromatic heterocycles. The van der Waals surface area contributed by atoms with E-state index in [-0.39, 0.29) is 17.3 Å². The standard InChI is InChI=1S/C13H8BrFN2O2/c14-7-4-9-10(5-8(7)15)17-13(16-9)6-1-2-11(18)12(19)3-6/h1-5,18-19H,(H,16,17). The molecule has 3 N–H and O–H groups in total. The second-order valence-electron chi connectivity index (χ2n) is 4.07. The van der Waals surface area contributed by atoms with Crippen molar-refractivity contribution < 1.29 is 14.6 Å². The van der Waals surface area contributed by atoms with E-state index in [1.807, 2.05) is 0 Å². The molecule has 3 aromatic rings. The van der Waals surface area contributed by atoms with Crippen LogP contribution in [0.25, 0.3) is 22.4 Å². The summed E-state index contributed by atoms with van der Waals surface area (Å²) in [5.74, 6) is -0.321. The summed E-state index contributed by atoms with van der Waals surface area (Å²) in [6.07, 6.45) is 0. The van der Waals surface area contributed by atoms with Crippen molar-refractivity contribution in [3.63, 3.8) is 0 Å². The smallest absolute Gasteiger partial charge is 0.158 e. The zero-order valence-corrected chi connectivity index (χ0v) is 11.1. The number of hydrogen-bond donors (Lipinski definition) is 3. The number of phenols is 2. The van der Waals surface area contributed by atoms with Gasteiger partial charge in [-0.2, -0.15) is 0 Å². The molecule has 0 atom stereocenters. The van der Waals surface area contributed by atoms with Crippen molar-refractivity contribution in [2.75, 3.05) is 0 Å². The summed E-state index contributed by atoms with van der Waals surface area (Å²) in [4.78, 5) is 7.27. The molecule has 0 aliphatic rings. The van der Waals surface area contributed by atoms with Crippen LogP contribution in [0.5, 0.6) is 11.5 Å². The number of imidazole rings is 1. The maximum absolute atomic E-state index is 13.4. The van der Waals surface area contributed by atoms with Gasteiger partial charge in [-0.15, -0.1) is 0 Å². The maximum Gasteiger partial charge on any atom is 0.158 e. The first-order valence-electron chi connectivity index (χ1n) is 5.42. The molecule has 19 heavy (non-hydrogen) atoms. The average Bonchev–Trinajstić information content (AvgIpc) is 2.76. The van der Waals surface area contributed by atoms with Crippen molar-refractivity contribution in [3.05, 3.63) is 40.6 Å². The van der Waals surface area contributed by atoms with Crippen molar-refractivity contribution >= 4 is 27.0 Å². The normalized spacial score (nSPS) is 11.1. The van der Waals surface area contributed by atoms with Crippen molar-refractivity contribution in [3.8, 4) is 22.9 Å². The lowest BCUT2D eigenvalue weighted by Crippen LogP contribution is -1.80. The fourth-order valence-corrected chi connectivity index (χ4v) is 2.14. The average molecular weight is 323 g/mol. The molecule has 0 bridgehead atoms. The minimum Gasteiger partial charge on any atom is -0.504 e. The molecular formula is C13H8BrFN2O2. The second-order valence-corrected chi connectivity index (χ2v) is 4.93. The number of aromatic nitrogens is 2. The van der Waals surface area contributed by atoms with Crippen LogP contribution in [0.2, 0.25) is 0 Å². The van der Waals surface area contributed by atoms with Gasteiger partial charge in [0.05, 0.1) is 15.5 Å². The third kappa shape index (κ3) is 2.04. The van der Waals surface area contributed by atoms with Crippen LogP contribution in [0.15, 0.2) is 34.8 Å². The molecule has 3 rings (SSSR count). The summed E-state index contributed by atoms with van der Waals surface area (Å²) in [7, 11) is 0. The molecule has 0 saturated heterocycles. The van der Waals surface area contributed by atoms with Crippen LogP contribution in [-0.2, 0) is 0 Å². The van der Waals surface area contributed by atoms with Crippen molar-refractivity contribution in [2.24, 2.45) is 0 Å². The van der Waals surface area contributed by atoms with Gasteiger partial charge in [-0.05, 0) is 40.2 Å². The van der Waals surface area contributed by atoms with Gasteiger partial charge in [-0.3, -0.25) is 0 Å². The molecule has 1 heterocycles. The van der Waals surface area contributed by atoms with E-state index in [0.29, 0.717) is 26.9 Å². The minimum atomic E-state index is -0.378. The number of rotatable bonds is 1. The number of nitrogens with one attached hydrogen (secondary N) is 1. The van der Waals surface area contributed by atoms with Crippen LogP contribution in [0.4, 0.5) is 4.39 Å². The lowest BCUT2D eigenvalue weighted by molar-refractivity contribution is 0.404. The molecule has 0 unspecified atom stereocenters. The van der Waals surface area contributed by atoms with Gasteiger partial charge in [0.2, 0.25) is 0 Å². The SMILES string of the molecule is Oc1ccc(-c2nc3cc(Br)c(F)cc3[nH]2)cc1O. The predicted molar refractivity (Wildman–Crippen MR) is 72.5 cm³/mol. The molecule has 4 nitrogen and oxygen atoms in total. The molecule has 0 radical (unpaired) electrons. The number of fused-ring (bicyclic) bond motifs is 1. The lowest BCUT2D eigenvalue weighted by atomic mass is 10.2. The van der Waals surface area contributed by atoms with E-state index in [1.165, 1.54) is 18.2 Å². The quantitative estimate of drug-likeness (QED) is 0.600. The first kappa shape index (κ1) is 12.0. The number of phenolic OH excluding ortho intramolecular Hbond substituents is 2. The van der Waals surface area contributed by atoms with E-state index in [9.17, 15) is 14.6 Å². The zero-order chi connectivity index (χ0) is 13.6. The van der Waals surface area contributed by atoms with E-state index < -0.39 is 0 Å². The summed E-state index contributed by atoms with van der Waals surface area (Å²) < 4.78 is 13.7. The Bertz CT molecular complexity index is 747. The van der Waals surface area contributed by atoms with E-state index >= 15 is 0 Å². The van der Waals surface area contributed by atoms with Crippen LogP contribution in [0.1, 0.15) is 0 Å². The van der Waals surface area contributed by atoms with Crippen LogP contribution in [-0.4, -0.2) is 20.2 Å². The van der Waals surface area contributed by atoms with Crippen LogP contribution < -0.4 is 0 Å². The van der Waals surface area contributed by atoms with Gasteiger partial charge in [-0.25, -0.2) is 9.37 Å². The second kappa shape index (κ2) is 4.24. The van der Waals surface area contributed by atoms with Crippen LogP contribution in [0.3, 0.4) is 0 Å². The highest BCUT2D eigenvalue weighted by Gasteiger charge is 2.10. The van der Waals surface area contributed by atoms with E-state index in [2.05, 4.69) is 25.9 Å². The van der Waals surface area contributed by atoms with Crippen molar-refractivity contribution in [1.82, 2.24) is 9.97 Å². The highest BCUT2D eigenvalue weighted by molar-refractivity contribution is 9.10. The fourth-order valence-electron chi connectivity index (χ4n) is 1.81. The fraction of sp³-hybridized carbons (Fsp3) is 0. The van der Waals surface area contributed by atoms with E-state index in [0.717, 1.165) is 0 Å². The van der Waals surface area contributed by atoms with E-state index in [4.69, 9.17) is 0 Å². The summed E-state index contributed by atoms with van der Waals surface area (Å²) in [5, 5.41) is 18.7. The molecule has 96 valence electrons. The molecule has 0 amide bonds. The van der Waals surface area contributed by atoms with Crippen molar-refractivity contribution in [1.29, 1.82) is 0 Å². The number of halogens is 2. The highest BCUT2D eigenvalue weighted by atomic mass is 79.9. The topological polar surface area (TPSA) is 69.1 Å². The predicted octanol–water partition coefficient (Wildman–Crippen LogP) is 3.54. The molecular weight excluding hydrogens is 315 g/mol. The number of aromatic hydroxyl groups is 2. The monoisotopic (exact) mass is 322 g/mol. The first-order chi connectivity index (χ1) is 9.04. The van der Waals surface area contributed by atoms with Crippen LogP contribution >= 0.6 is 15.9 Å². The van der Waals surface area contributed by atoms with Gasteiger partial charge in [0.15, 0.2) is 11.5 Å². The Morgan fingerprint density at radius 1 is 1.11 bits per heavy atom. The maximum atomic E-state index is 13.4. The van der Waals surface area contributed by atoms with Gasteiger partial charge in [0.25, 0.3) is 0 Å². The number of benzene rings is 2. The Kier molecular flexibility index (Phi) is 2.67. The Morgan fingerprint density at radius 2 is 1.89 bits per heavy atom. The Morgan fingerprint density at radius 3 is 2.63 bits per heavy atom. The molecule has 6 heteroatoms. The van der Waals surface area contributed by atoms with Crippen molar-refractivity contribution in [2.45, 2.75) is 0 Å². The summed E-state index contributed by atoms with van der Waals surface area (Å²) in [5.41, 5.74) is 1.77. The van der Waals surface area contributed by atoms with Gasteiger partial charge in [0.1, 0.15) is 11.6 Å². The lowest BCUT2D eigenvalue weighted by Gasteiger charge is -1.99. The van der Waals surface area contributed by atoms with Gasteiger partial charge < -0.3 is 15.2 Å². The largest absolute Gasteiger partial charge is 0.504 e. The summed E-state index contributed by atoms with van der Waals surface area (Å²) in [6.45, 7) is 0. The molecule has 0 fully saturated rings. The molecule has 0 aliphatic heterocycles. The molecule has 0 saturated carbocycles.